The second-order valence-corrected chi connectivity index (χ2v) is 15.6. The fraction of sp³-hybridized carbons (Fsp3) is 0.689. The van der Waals surface area contributed by atoms with Gasteiger partial charge in [-0.05, 0) is 91.1 Å². The van der Waals surface area contributed by atoms with E-state index in [-0.39, 0.29) is 26.1 Å². The summed E-state index contributed by atoms with van der Waals surface area (Å²) in [4.78, 5) is 37.0. The monoisotopic (exact) mass is 792 g/mol. The zero-order valence-corrected chi connectivity index (χ0v) is 36.0. The molecular formula is C45H78NO8P. The molecule has 0 saturated heterocycles. The highest BCUT2D eigenvalue weighted by Gasteiger charge is 2.26. The number of hydrogen-bond acceptors (Lipinski definition) is 8. The average molecular weight is 792 g/mol. The van der Waals surface area contributed by atoms with Crippen LogP contribution in [0.15, 0.2) is 72.9 Å². The lowest BCUT2D eigenvalue weighted by Gasteiger charge is -2.20. The van der Waals surface area contributed by atoms with Crippen molar-refractivity contribution in [2.45, 2.75) is 161 Å². The van der Waals surface area contributed by atoms with Crippen molar-refractivity contribution in [2.24, 2.45) is 0 Å². The highest BCUT2D eigenvalue weighted by molar-refractivity contribution is 7.47. The fourth-order valence-electron chi connectivity index (χ4n) is 5.25. The molecule has 0 amide bonds. The van der Waals surface area contributed by atoms with Gasteiger partial charge in [0.1, 0.15) is 6.61 Å². The Bertz CT molecular complexity index is 1140. The van der Waals surface area contributed by atoms with Gasteiger partial charge in [0, 0.05) is 19.4 Å². The maximum atomic E-state index is 12.6. The quantitative estimate of drug-likeness (QED) is 0.0283. The summed E-state index contributed by atoms with van der Waals surface area (Å²) in [5, 5.41) is 0. The molecule has 0 spiro atoms. The lowest BCUT2D eigenvalue weighted by molar-refractivity contribution is -0.161. The molecule has 9 nitrogen and oxygen atoms in total. The molecule has 0 aromatic heterocycles. The minimum atomic E-state index is -4.38. The summed E-state index contributed by atoms with van der Waals surface area (Å²) in [6.07, 6.45) is 46.7. The molecule has 2 unspecified atom stereocenters. The zero-order chi connectivity index (χ0) is 40.5. The van der Waals surface area contributed by atoms with Gasteiger partial charge in [-0.1, -0.05) is 138 Å². The SMILES string of the molecule is CC/C=C\C/C=C\C/C=C\C/C=C\C/C=C\CCCC(=O)OC(COC(=O)CCCCCCCCC/C=C\CCCCCC)COP(=O)(O)OCCN(C)C. The lowest BCUT2D eigenvalue weighted by atomic mass is 10.1. The highest BCUT2D eigenvalue weighted by Crippen LogP contribution is 2.43. The summed E-state index contributed by atoms with van der Waals surface area (Å²) in [6, 6.07) is 0. The number of likely N-dealkylation sites (N-methyl/N-ethyl adjacent to an activating group) is 1. The predicted molar refractivity (Wildman–Crippen MR) is 229 cm³/mol. The molecule has 0 aliphatic heterocycles. The molecule has 0 aliphatic carbocycles. The highest BCUT2D eigenvalue weighted by atomic mass is 31.2. The number of allylic oxidation sites excluding steroid dienone is 12. The van der Waals surface area contributed by atoms with Gasteiger partial charge in [-0.25, -0.2) is 4.57 Å². The minimum Gasteiger partial charge on any atom is -0.462 e. The van der Waals surface area contributed by atoms with Crippen LogP contribution in [-0.2, 0) is 32.7 Å². The Morgan fingerprint density at radius 3 is 1.62 bits per heavy atom. The van der Waals surface area contributed by atoms with Crippen LogP contribution >= 0.6 is 7.82 Å². The first-order valence-corrected chi connectivity index (χ1v) is 22.7. The molecule has 0 aromatic carbocycles. The Balaban J connectivity index is 4.43. The average Bonchev–Trinajstić information content (AvgIpc) is 3.15. The number of phosphoric ester groups is 1. The molecule has 0 heterocycles. The van der Waals surface area contributed by atoms with Crippen molar-refractivity contribution in [3.63, 3.8) is 0 Å². The maximum absolute atomic E-state index is 12.6. The summed E-state index contributed by atoms with van der Waals surface area (Å²) in [6.45, 7) is 4.11. The van der Waals surface area contributed by atoms with Crippen molar-refractivity contribution in [2.75, 3.05) is 40.5 Å². The van der Waals surface area contributed by atoms with Crippen LogP contribution in [0.5, 0.6) is 0 Å². The Hall–Kier alpha value is -2.55. The first kappa shape index (κ1) is 52.5. The largest absolute Gasteiger partial charge is 0.472 e. The van der Waals surface area contributed by atoms with Gasteiger partial charge >= 0.3 is 19.8 Å². The Morgan fingerprint density at radius 2 is 1.05 bits per heavy atom. The van der Waals surface area contributed by atoms with Gasteiger partial charge in [0.05, 0.1) is 13.2 Å². The van der Waals surface area contributed by atoms with Gasteiger partial charge in [0.25, 0.3) is 0 Å². The van der Waals surface area contributed by atoms with Crippen LogP contribution in [0, 0.1) is 0 Å². The summed E-state index contributed by atoms with van der Waals surface area (Å²) in [5.74, 6) is -0.882. The summed E-state index contributed by atoms with van der Waals surface area (Å²) in [5.41, 5.74) is 0. The van der Waals surface area contributed by atoms with E-state index in [1.165, 1.54) is 51.4 Å². The number of unbranched alkanes of at least 4 members (excludes halogenated alkanes) is 12. The number of esters is 2. The number of rotatable bonds is 38. The van der Waals surface area contributed by atoms with E-state index in [1.807, 2.05) is 20.2 Å². The van der Waals surface area contributed by atoms with Gasteiger partial charge in [-0.2, -0.15) is 0 Å². The first-order valence-electron chi connectivity index (χ1n) is 21.2. The molecular weight excluding hydrogens is 713 g/mol. The Labute approximate surface area is 336 Å². The van der Waals surface area contributed by atoms with Crippen molar-refractivity contribution < 1.29 is 37.6 Å². The second-order valence-electron chi connectivity index (χ2n) is 14.1. The van der Waals surface area contributed by atoms with E-state index < -0.39 is 32.5 Å². The topological polar surface area (TPSA) is 112 Å². The molecule has 0 aliphatic rings. The smallest absolute Gasteiger partial charge is 0.462 e. The standard InChI is InChI=1S/C45H78NO8P/c1-5-7-9-11-13-15-17-19-21-22-24-26-28-30-32-34-36-38-45(48)54-43(42-53-55(49,50)52-40-39-46(3)4)41-51-44(47)37-35-33-31-29-27-25-23-20-18-16-14-12-10-8-6-2/h7,9,13,15-16,18-19,21,24,26,30,32,43H,5-6,8,10-12,14,17,20,22-23,25,27-29,31,33-42H2,1-4H3,(H,49,50)/b9-7-,15-13-,18-16-,21-19-,26-24-,32-30-. The minimum absolute atomic E-state index is 0.00732. The number of carbonyl (C=O) groups is 2. The van der Waals surface area contributed by atoms with Crippen LogP contribution in [0.1, 0.15) is 155 Å². The van der Waals surface area contributed by atoms with Crippen LogP contribution < -0.4 is 0 Å². The number of phosphoric acid groups is 1. The number of nitrogens with zero attached hydrogens (tertiary/aromatic N) is 1. The third-order valence-corrected chi connectivity index (χ3v) is 9.48. The second kappa shape index (κ2) is 39.7. The molecule has 0 bridgehead atoms. The molecule has 316 valence electrons. The van der Waals surface area contributed by atoms with Crippen molar-refractivity contribution in [3.05, 3.63) is 72.9 Å². The molecule has 0 fully saturated rings. The molecule has 0 rings (SSSR count). The van der Waals surface area contributed by atoms with E-state index in [2.05, 4.69) is 80.7 Å². The van der Waals surface area contributed by atoms with Crippen LogP contribution in [0.3, 0.4) is 0 Å². The van der Waals surface area contributed by atoms with Gasteiger partial charge in [-0.3, -0.25) is 18.6 Å². The van der Waals surface area contributed by atoms with Gasteiger partial charge < -0.3 is 19.3 Å². The predicted octanol–water partition coefficient (Wildman–Crippen LogP) is 12.1. The molecule has 0 saturated carbocycles. The summed E-state index contributed by atoms with van der Waals surface area (Å²) in [7, 11) is -0.751. The van der Waals surface area contributed by atoms with E-state index >= 15 is 0 Å². The number of hydrogen-bond donors (Lipinski definition) is 1. The van der Waals surface area contributed by atoms with E-state index in [9.17, 15) is 19.0 Å². The van der Waals surface area contributed by atoms with Crippen LogP contribution in [0.2, 0.25) is 0 Å². The van der Waals surface area contributed by atoms with Gasteiger partial charge in [0.15, 0.2) is 6.10 Å². The maximum Gasteiger partial charge on any atom is 0.472 e. The van der Waals surface area contributed by atoms with E-state index in [1.54, 1.807) is 4.90 Å². The van der Waals surface area contributed by atoms with E-state index in [4.69, 9.17) is 18.5 Å². The Morgan fingerprint density at radius 1 is 0.582 bits per heavy atom. The van der Waals surface area contributed by atoms with Crippen LogP contribution in [-0.4, -0.2) is 68.3 Å². The van der Waals surface area contributed by atoms with Crippen LogP contribution in [0.25, 0.3) is 0 Å². The van der Waals surface area contributed by atoms with Crippen molar-refractivity contribution in [1.29, 1.82) is 0 Å². The zero-order valence-electron chi connectivity index (χ0n) is 35.1. The molecule has 10 heteroatoms. The normalized spacial score (nSPS) is 14.1. The molecule has 0 radical (unpaired) electrons. The third-order valence-electron chi connectivity index (χ3n) is 8.50. The first-order chi connectivity index (χ1) is 26.7. The van der Waals surface area contributed by atoms with E-state index in [0.717, 1.165) is 64.2 Å². The van der Waals surface area contributed by atoms with Crippen molar-refractivity contribution in [3.8, 4) is 0 Å². The molecule has 55 heavy (non-hydrogen) atoms. The molecule has 1 N–H and O–H groups in total. The summed E-state index contributed by atoms with van der Waals surface area (Å²) < 4.78 is 33.4. The summed E-state index contributed by atoms with van der Waals surface area (Å²) >= 11 is 0. The number of carbonyl (C=O) groups excluding carboxylic acids is 2. The van der Waals surface area contributed by atoms with Gasteiger partial charge in [0.2, 0.25) is 0 Å². The van der Waals surface area contributed by atoms with Crippen LogP contribution in [0.4, 0.5) is 0 Å². The molecule has 0 aromatic rings. The Kier molecular flexibility index (Phi) is 37.8. The van der Waals surface area contributed by atoms with Gasteiger partial charge in [-0.15, -0.1) is 0 Å². The molecule has 2 atom stereocenters. The van der Waals surface area contributed by atoms with Crippen molar-refractivity contribution >= 4 is 19.8 Å². The fourth-order valence-corrected chi connectivity index (χ4v) is 5.99. The lowest BCUT2D eigenvalue weighted by Crippen LogP contribution is -2.29. The third kappa shape index (κ3) is 40.9. The van der Waals surface area contributed by atoms with Crippen molar-refractivity contribution in [1.82, 2.24) is 4.90 Å². The van der Waals surface area contributed by atoms with E-state index in [0.29, 0.717) is 19.4 Å². The number of ether oxygens (including phenoxy) is 2.